The number of nitrogens with one attached hydrogen (secondary N) is 2. The van der Waals surface area contributed by atoms with Gasteiger partial charge in [-0.15, -0.1) is 0 Å². The molecule has 2 aromatic rings. The number of hydrogen-bond donors (Lipinski definition) is 2. The van der Waals surface area contributed by atoms with Crippen LogP contribution in [0.15, 0.2) is 41.3 Å². The average molecular weight is 391 g/mol. The molecule has 0 bridgehead atoms. The molecule has 8 nitrogen and oxygen atoms in total. The van der Waals surface area contributed by atoms with Crippen LogP contribution in [0.2, 0.25) is 0 Å². The number of amides is 2. The summed E-state index contributed by atoms with van der Waals surface area (Å²) >= 11 is 0. The smallest absolute Gasteiger partial charge is 0.266 e. The number of nitrogens with zero attached hydrogens (tertiary/aromatic N) is 1. The molecule has 0 spiro atoms. The van der Waals surface area contributed by atoms with Crippen molar-refractivity contribution in [1.82, 2.24) is 9.71 Å². The summed E-state index contributed by atoms with van der Waals surface area (Å²) in [5, 5.41) is 2.62. The van der Waals surface area contributed by atoms with Gasteiger partial charge in [0.05, 0.1) is 22.8 Å². The van der Waals surface area contributed by atoms with E-state index in [1.807, 2.05) is 11.6 Å². The highest BCUT2D eigenvalue weighted by Gasteiger charge is 2.20. The standard InChI is InChI=1S/C18H21N3O5S/c1-4-16(22)20-13-6-8-14(9-7-13)27(24,25)21-18(23)15-10-11-17(26-5-2)19-12(15)3/h6-11H,4-5H2,1-3H3,(H,20,22)(H,21,23). The molecule has 0 aliphatic rings. The van der Waals surface area contributed by atoms with Crippen LogP contribution >= 0.6 is 0 Å². The molecule has 0 atom stereocenters. The van der Waals surface area contributed by atoms with Crippen molar-refractivity contribution < 1.29 is 22.7 Å². The predicted octanol–water partition coefficient (Wildman–Crippen LogP) is 2.26. The van der Waals surface area contributed by atoms with Crippen molar-refractivity contribution in [3.8, 4) is 5.88 Å². The van der Waals surface area contributed by atoms with E-state index < -0.39 is 15.9 Å². The summed E-state index contributed by atoms with van der Waals surface area (Å²) in [6.45, 7) is 5.54. The number of carbonyl (C=O) groups excluding carboxylic acids is 2. The van der Waals surface area contributed by atoms with E-state index in [0.29, 0.717) is 30.3 Å². The van der Waals surface area contributed by atoms with Crippen LogP contribution in [0.4, 0.5) is 5.69 Å². The number of sulfonamides is 1. The Hall–Kier alpha value is -2.94. The van der Waals surface area contributed by atoms with E-state index in [1.54, 1.807) is 13.8 Å². The van der Waals surface area contributed by atoms with Gasteiger partial charge in [0.1, 0.15) is 0 Å². The van der Waals surface area contributed by atoms with Crippen LogP contribution in [0.25, 0.3) is 0 Å². The Balaban J connectivity index is 2.15. The molecule has 1 aromatic carbocycles. The maximum Gasteiger partial charge on any atom is 0.266 e. The van der Waals surface area contributed by atoms with Gasteiger partial charge in [-0.05, 0) is 44.2 Å². The second-order valence-corrected chi connectivity index (χ2v) is 7.26. The number of anilines is 1. The van der Waals surface area contributed by atoms with E-state index in [4.69, 9.17) is 4.74 Å². The average Bonchev–Trinajstić information content (AvgIpc) is 2.62. The van der Waals surface area contributed by atoms with Gasteiger partial charge in [-0.25, -0.2) is 18.1 Å². The van der Waals surface area contributed by atoms with E-state index in [1.165, 1.54) is 36.4 Å². The van der Waals surface area contributed by atoms with E-state index >= 15 is 0 Å². The number of pyridine rings is 1. The highest BCUT2D eigenvalue weighted by Crippen LogP contribution is 2.16. The van der Waals surface area contributed by atoms with Crippen molar-refractivity contribution in [2.45, 2.75) is 32.1 Å². The van der Waals surface area contributed by atoms with Gasteiger partial charge in [0, 0.05) is 18.2 Å². The van der Waals surface area contributed by atoms with E-state index in [-0.39, 0.29) is 16.4 Å². The van der Waals surface area contributed by atoms with Crippen LogP contribution < -0.4 is 14.8 Å². The Morgan fingerprint density at radius 3 is 2.30 bits per heavy atom. The van der Waals surface area contributed by atoms with Gasteiger partial charge in [-0.2, -0.15) is 0 Å². The molecule has 2 N–H and O–H groups in total. The first kappa shape index (κ1) is 20.4. The third-order valence-corrected chi connectivity index (χ3v) is 4.94. The molecule has 2 amide bonds. The second kappa shape index (κ2) is 8.63. The topological polar surface area (TPSA) is 114 Å². The minimum atomic E-state index is -4.07. The first-order valence-corrected chi connectivity index (χ1v) is 9.82. The zero-order valence-electron chi connectivity index (χ0n) is 15.3. The highest BCUT2D eigenvalue weighted by molar-refractivity contribution is 7.90. The number of ether oxygens (including phenoxy) is 1. The largest absolute Gasteiger partial charge is 0.478 e. The third kappa shape index (κ3) is 5.27. The quantitative estimate of drug-likeness (QED) is 0.748. The highest BCUT2D eigenvalue weighted by atomic mass is 32.2. The summed E-state index contributed by atoms with van der Waals surface area (Å²) in [5.41, 5.74) is 0.957. The van der Waals surface area contributed by atoms with Crippen molar-refractivity contribution in [2.24, 2.45) is 0 Å². The normalized spacial score (nSPS) is 10.9. The Bertz CT molecular complexity index is 940. The molecule has 9 heteroatoms. The number of aryl methyl sites for hydroxylation is 1. The van der Waals surface area contributed by atoms with Crippen LogP contribution in [0, 0.1) is 6.92 Å². The van der Waals surface area contributed by atoms with Crippen LogP contribution in [-0.4, -0.2) is 31.8 Å². The number of benzene rings is 1. The zero-order valence-corrected chi connectivity index (χ0v) is 16.1. The molecule has 1 heterocycles. The fourth-order valence-electron chi connectivity index (χ4n) is 2.21. The summed E-state index contributed by atoms with van der Waals surface area (Å²) in [6.07, 6.45) is 0.311. The Labute approximate surface area is 158 Å². The number of carbonyl (C=O) groups is 2. The van der Waals surface area contributed by atoms with Crippen molar-refractivity contribution in [3.05, 3.63) is 47.7 Å². The van der Waals surface area contributed by atoms with Gasteiger partial charge in [-0.3, -0.25) is 9.59 Å². The SMILES string of the molecule is CCOc1ccc(C(=O)NS(=O)(=O)c2ccc(NC(=O)CC)cc2)c(C)n1. The van der Waals surface area contributed by atoms with E-state index in [9.17, 15) is 18.0 Å². The summed E-state index contributed by atoms with van der Waals surface area (Å²) in [5.74, 6) is -0.608. The maximum absolute atomic E-state index is 12.4. The molecule has 1 aromatic heterocycles. The lowest BCUT2D eigenvalue weighted by Gasteiger charge is -2.10. The summed E-state index contributed by atoms with van der Waals surface area (Å²) < 4.78 is 32.1. The molecule has 27 heavy (non-hydrogen) atoms. The van der Waals surface area contributed by atoms with Gasteiger partial charge in [0.15, 0.2) is 0 Å². The van der Waals surface area contributed by atoms with Crippen molar-refractivity contribution >= 4 is 27.5 Å². The lowest BCUT2D eigenvalue weighted by atomic mass is 10.2. The lowest BCUT2D eigenvalue weighted by molar-refractivity contribution is -0.115. The summed E-state index contributed by atoms with van der Waals surface area (Å²) in [7, 11) is -4.07. The van der Waals surface area contributed by atoms with Crippen LogP contribution in [-0.2, 0) is 14.8 Å². The van der Waals surface area contributed by atoms with Gasteiger partial charge in [0.25, 0.3) is 15.9 Å². The van der Waals surface area contributed by atoms with Gasteiger partial charge in [0.2, 0.25) is 11.8 Å². The fraction of sp³-hybridized carbons (Fsp3) is 0.278. The van der Waals surface area contributed by atoms with Crippen molar-refractivity contribution in [2.75, 3.05) is 11.9 Å². The number of aromatic nitrogens is 1. The third-order valence-electron chi connectivity index (χ3n) is 3.59. The molecule has 0 aliphatic heterocycles. The number of rotatable bonds is 7. The molecule has 2 rings (SSSR count). The lowest BCUT2D eigenvalue weighted by Crippen LogP contribution is -2.31. The molecule has 0 fully saturated rings. The van der Waals surface area contributed by atoms with Crippen molar-refractivity contribution in [3.63, 3.8) is 0 Å². The van der Waals surface area contributed by atoms with Gasteiger partial charge < -0.3 is 10.1 Å². The van der Waals surface area contributed by atoms with Gasteiger partial charge >= 0.3 is 0 Å². The molecule has 0 saturated heterocycles. The summed E-state index contributed by atoms with van der Waals surface area (Å²) in [4.78, 5) is 27.7. The molecular weight excluding hydrogens is 370 g/mol. The van der Waals surface area contributed by atoms with Crippen molar-refractivity contribution in [1.29, 1.82) is 0 Å². The Morgan fingerprint density at radius 1 is 1.07 bits per heavy atom. The monoisotopic (exact) mass is 391 g/mol. The Kier molecular flexibility index (Phi) is 6.51. The maximum atomic E-state index is 12.4. The fourth-order valence-corrected chi connectivity index (χ4v) is 3.18. The van der Waals surface area contributed by atoms with Crippen LogP contribution in [0.1, 0.15) is 36.3 Å². The predicted molar refractivity (Wildman–Crippen MR) is 100 cm³/mol. The molecule has 0 saturated carbocycles. The van der Waals surface area contributed by atoms with Crippen LogP contribution in [0.5, 0.6) is 5.88 Å². The molecular formula is C18H21N3O5S. The molecule has 144 valence electrons. The second-order valence-electron chi connectivity index (χ2n) is 5.58. The minimum absolute atomic E-state index is 0.0955. The Morgan fingerprint density at radius 2 is 1.74 bits per heavy atom. The van der Waals surface area contributed by atoms with E-state index in [2.05, 4.69) is 10.3 Å². The first-order chi connectivity index (χ1) is 12.8. The van der Waals surface area contributed by atoms with Crippen LogP contribution in [0.3, 0.4) is 0 Å². The number of hydrogen-bond acceptors (Lipinski definition) is 6. The molecule has 0 radical (unpaired) electrons. The zero-order chi connectivity index (χ0) is 20.0. The minimum Gasteiger partial charge on any atom is -0.478 e. The first-order valence-electron chi connectivity index (χ1n) is 8.34. The molecule has 0 unspecified atom stereocenters. The van der Waals surface area contributed by atoms with E-state index in [0.717, 1.165) is 0 Å². The molecule has 0 aliphatic carbocycles. The van der Waals surface area contributed by atoms with Gasteiger partial charge in [-0.1, -0.05) is 6.92 Å². The summed E-state index contributed by atoms with van der Waals surface area (Å²) in [6, 6.07) is 8.49.